The van der Waals surface area contributed by atoms with Crippen molar-refractivity contribution in [1.82, 2.24) is 9.96 Å². The fourth-order valence-electron chi connectivity index (χ4n) is 2.06. The van der Waals surface area contributed by atoms with Gasteiger partial charge in [0, 0.05) is 31.5 Å². The van der Waals surface area contributed by atoms with Crippen molar-refractivity contribution in [3.05, 3.63) is 12.2 Å². The molecule has 0 aliphatic carbocycles. The average molecular weight is 360 g/mol. The molecule has 0 aromatic rings. The molecule has 2 heterocycles. The predicted molar refractivity (Wildman–Crippen MR) is 73.0 cm³/mol. The first-order valence-electron chi connectivity index (χ1n) is 6.66. The molecule has 0 bridgehead atoms. The van der Waals surface area contributed by atoms with Gasteiger partial charge < -0.3 is 4.84 Å². The Morgan fingerprint density at radius 2 is 1.62 bits per heavy atom. The molecular formula is C12H12N2O9S. The van der Waals surface area contributed by atoms with Gasteiger partial charge in [0.1, 0.15) is 5.25 Å². The van der Waals surface area contributed by atoms with E-state index < -0.39 is 57.9 Å². The van der Waals surface area contributed by atoms with E-state index in [0.29, 0.717) is 4.90 Å². The highest BCUT2D eigenvalue weighted by atomic mass is 32.2. The predicted octanol–water partition coefficient (Wildman–Crippen LogP) is -1.83. The van der Waals surface area contributed by atoms with Crippen LogP contribution in [-0.2, 0) is 38.9 Å². The summed E-state index contributed by atoms with van der Waals surface area (Å²) < 4.78 is 31.9. The van der Waals surface area contributed by atoms with Gasteiger partial charge in [0.15, 0.2) is 0 Å². The number of carbonyl (C=O) groups excluding carboxylic acids is 5. The number of carbonyl (C=O) groups is 5. The van der Waals surface area contributed by atoms with Crippen molar-refractivity contribution in [2.24, 2.45) is 0 Å². The molecule has 2 aliphatic heterocycles. The maximum Gasteiger partial charge on any atom is 0.334 e. The van der Waals surface area contributed by atoms with Crippen LogP contribution < -0.4 is 0 Å². The molecule has 2 aliphatic rings. The molecule has 24 heavy (non-hydrogen) atoms. The zero-order chi connectivity index (χ0) is 18.1. The maximum atomic E-state index is 11.7. The van der Waals surface area contributed by atoms with Crippen LogP contribution >= 0.6 is 0 Å². The number of hydrogen-bond donors (Lipinski definition) is 1. The van der Waals surface area contributed by atoms with Crippen LogP contribution in [-0.4, -0.2) is 64.3 Å². The zero-order valence-corrected chi connectivity index (χ0v) is 12.9. The second kappa shape index (κ2) is 6.49. The first-order chi connectivity index (χ1) is 11.1. The summed E-state index contributed by atoms with van der Waals surface area (Å²) >= 11 is 0. The van der Waals surface area contributed by atoms with Crippen LogP contribution in [0.5, 0.6) is 0 Å². The van der Waals surface area contributed by atoms with Gasteiger partial charge in [-0.25, -0.2) is 4.79 Å². The second-order valence-corrected chi connectivity index (χ2v) is 6.70. The molecule has 0 saturated carbocycles. The molecule has 1 fully saturated rings. The van der Waals surface area contributed by atoms with Crippen LogP contribution in [0.3, 0.4) is 0 Å². The van der Waals surface area contributed by atoms with E-state index in [9.17, 15) is 36.9 Å². The quantitative estimate of drug-likeness (QED) is 0.425. The van der Waals surface area contributed by atoms with Crippen molar-refractivity contribution in [3.63, 3.8) is 0 Å². The summed E-state index contributed by atoms with van der Waals surface area (Å²) in [5, 5.41) is -1.64. The van der Waals surface area contributed by atoms with Gasteiger partial charge in [-0.15, -0.1) is 5.06 Å². The summed E-state index contributed by atoms with van der Waals surface area (Å²) in [6.07, 6.45) is 0.562. The van der Waals surface area contributed by atoms with Gasteiger partial charge in [0.25, 0.3) is 33.7 Å². The lowest BCUT2D eigenvalue weighted by molar-refractivity contribution is -0.197. The van der Waals surface area contributed by atoms with Gasteiger partial charge >= 0.3 is 5.97 Å². The molecule has 1 saturated heterocycles. The van der Waals surface area contributed by atoms with Crippen molar-refractivity contribution in [1.29, 1.82) is 0 Å². The summed E-state index contributed by atoms with van der Waals surface area (Å²) in [6, 6.07) is 0. The fraction of sp³-hybridized carbons (Fsp3) is 0.417. The smallest absolute Gasteiger partial charge is 0.330 e. The molecular weight excluding hydrogens is 348 g/mol. The molecule has 0 aromatic heterocycles. The Labute approximate surface area is 135 Å². The van der Waals surface area contributed by atoms with Crippen molar-refractivity contribution >= 4 is 39.7 Å². The van der Waals surface area contributed by atoms with E-state index in [2.05, 4.69) is 4.84 Å². The van der Waals surface area contributed by atoms with Gasteiger partial charge in [-0.2, -0.15) is 8.42 Å². The van der Waals surface area contributed by atoms with E-state index in [0.717, 1.165) is 12.2 Å². The summed E-state index contributed by atoms with van der Waals surface area (Å²) in [4.78, 5) is 62.3. The van der Waals surface area contributed by atoms with Gasteiger partial charge in [-0.05, 0) is 0 Å². The minimum atomic E-state index is -4.82. The Kier molecular flexibility index (Phi) is 4.80. The van der Waals surface area contributed by atoms with Gasteiger partial charge in [-0.3, -0.25) is 28.6 Å². The number of hydrogen-bond acceptors (Lipinski definition) is 8. The largest absolute Gasteiger partial charge is 0.334 e. The van der Waals surface area contributed by atoms with Crippen LogP contribution in [0.25, 0.3) is 0 Å². The Hall–Kier alpha value is -2.60. The molecule has 2 rings (SSSR count). The van der Waals surface area contributed by atoms with Crippen LogP contribution in [0.4, 0.5) is 0 Å². The molecule has 0 spiro atoms. The van der Waals surface area contributed by atoms with E-state index in [1.165, 1.54) is 0 Å². The number of hydroxylamine groups is 2. The maximum absolute atomic E-state index is 11.7. The van der Waals surface area contributed by atoms with Gasteiger partial charge in [0.05, 0.1) is 6.42 Å². The van der Waals surface area contributed by atoms with E-state index in [-0.39, 0.29) is 17.9 Å². The monoisotopic (exact) mass is 360 g/mol. The Morgan fingerprint density at radius 3 is 2.08 bits per heavy atom. The summed E-state index contributed by atoms with van der Waals surface area (Å²) in [5.41, 5.74) is 0. The number of rotatable bonds is 6. The molecule has 4 amide bonds. The minimum Gasteiger partial charge on any atom is -0.330 e. The molecule has 0 unspecified atom stereocenters. The van der Waals surface area contributed by atoms with Crippen molar-refractivity contribution in [3.8, 4) is 0 Å². The first kappa shape index (κ1) is 17.7. The average Bonchev–Trinajstić information content (AvgIpc) is 2.95. The Morgan fingerprint density at radius 1 is 1.12 bits per heavy atom. The van der Waals surface area contributed by atoms with E-state index in [1.807, 2.05) is 0 Å². The highest BCUT2D eigenvalue weighted by molar-refractivity contribution is 7.86. The molecule has 0 radical (unpaired) electrons. The molecule has 130 valence electrons. The van der Waals surface area contributed by atoms with E-state index in [4.69, 9.17) is 0 Å². The van der Waals surface area contributed by atoms with Crippen LogP contribution in [0, 0.1) is 0 Å². The van der Waals surface area contributed by atoms with E-state index >= 15 is 0 Å². The molecule has 12 heteroatoms. The topological polar surface area (TPSA) is 155 Å². The fourth-order valence-corrected chi connectivity index (χ4v) is 2.75. The minimum absolute atomic E-state index is 0.143. The molecule has 11 nitrogen and oxygen atoms in total. The number of nitrogens with zero attached hydrogens (tertiary/aromatic N) is 2. The second-order valence-electron chi connectivity index (χ2n) is 5.01. The Balaban J connectivity index is 2.05. The van der Waals surface area contributed by atoms with Crippen LogP contribution in [0.1, 0.15) is 19.3 Å². The lowest BCUT2D eigenvalue weighted by Gasteiger charge is -2.20. The zero-order valence-electron chi connectivity index (χ0n) is 12.1. The van der Waals surface area contributed by atoms with Gasteiger partial charge in [-0.1, -0.05) is 0 Å². The summed E-state index contributed by atoms with van der Waals surface area (Å²) in [6.45, 7) is -0.777. The van der Waals surface area contributed by atoms with Gasteiger partial charge in [0.2, 0.25) is 0 Å². The van der Waals surface area contributed by atoms with Crippen molar-refractivity contribution < 1.29 is 41.8 Å². The first-order valence-corrected chi connectivity index (χ1v) is 8.16. The highest BCUT2D eigenvalue weighted by Crippen LogP contribution is 2.16. The third-order valence-corrected chi connectivity index (χ3v) is 4.46. The van der Waals surface area contributed by atoms with Crippen LogP contribution in [0.15, 0.2) is 12.2 Å². The number of imide groups is 2. The SMILES string of the molecule is O=C(C[C@H](CN1C(=O)C=CC1=O)S(=O)(=O)O)ON1C(=O)CCC1=O. The standard InChI is InChI=1S/C12H12N2O9S/c15-8-1-2-9(16)13(8)6-7(24(20,21)22)5-12(19)23-14-10(17)3-4-11(14)18/h1-2,7H,3-6H2,(H,20,21,22)/t7-/m1/s1. The lowest BCUT2D eigenvalue weighted by atomic mass is 10.3. The number of amides is 4. The lowest BCUT2D eigenvalue weighted by Crippen LogP contribution is -2.42. The highest BCUT2D eigenvalue weighted by Gasteiger charge is 2.37. The third-order valence-electron chi connectivity index (χ3n) is 3.30. The third kappa shape index (κ3) is 3.83. The van der Waals surface area contributed by atoms with Crippen LogP contribution in [0.2, 0.25) is 0 Å². The summed E-state index contributed by atoms with van der Waals surface area (Å²) in [5.74, 6) is -4.40. The van der Waals surface area contributed by atoms with Crippen molar-refractivity contribution in [2.45, 2.75) is 24.5 Å². The van der Waals surface area contributed by atoms with Crippen molar-refractivity contribution in [2.75, 3.05) is 6.54 Å². The molecule has 0 aromatic carbocycles. The molecule has 1 atom stereocenters. The normalized spacial score (nSPS) is 19.4. The molecule has 1 N–H and O–H groups in total. The van der Waals surface area contributed by atoms with E-state index in [1.54, 1.807) is 0 Å². The summed E-state index contributed by atoms with van der Waals surface area (Å²) in [7, 11) is -4.82. The Bertz CT molecular complexity index is 720.